The van der Waals surface area contributed by atoms with E-state index in [1.165, 1.54) is 7.11 Å². The molecule has 8 heteroatoms. The van der Waals surface area contributed by atoms with Gasteiger partial charge < -0.3 is 4.74 Å². The first-order valence-electron chi connectivity index (χ1n) is 5.47. The molecule has 1 aromatic carbocycles. The number of fused-ring (bicyclic) bond motifs is 1. The van der Waals surface area contributed by atoms with Crippen molar-refractivity contribution in [2.45, 2.75) is 0 Å². The maximum absolute atomic E-state index is 12.0. The molecule has 0 bridgehead atoms. The molecule has 0 spiro atoms. The number of hydrogen-bond donors (Lipinski definition) is 3. The summed E-state index contributed by atoms with van der Waals surface area (Å²) in [6.07, 6.45) is 1.66. The number of rotatable bonds is 3. The molecule has 2 aromatic heterocycles. The highest BCUT2D eigenvalue weighted by atomic mass is 16.5. The van der Waals surface area contributed by atoms with E-state index >= 15 is 0 Å². The molecular formula is C11H10N6O2. The number of nitrogens with one attached hydrogen (secondary N) is 3. The lowest BCUT2D eigenvalue weighted by Gasteiger charge is -2.01. The number of aromatic nitrogens is 5. The first-order valence-corrected chi connectivity index (χ1v) is 5.47. The number of hydrogen-bond acceptors (Lipinski definition) is 5. The Morgan fingerprint density at radius 3 is 3.05 bits per heavy atom. The van der Waals surface area contributed by atoms with Crippen LogP contribution in [0.5, 0.6) is 6.01 Å². The molecule has 8 nitrogen and oxygen atoms in total. The van der Waals surface area contributed by atoms with Crippen LogP contribution >= 0.6 is 0 Å². The van der Waals surface area contributed by atoms with Crippen LogP contribution in [-0.4, -0.2) is 38.4 Å². The lowest BCUT2D eigenvalue weighted by Crippen LogP contribution is -2.12. The quantitative estimate of drug-likeness (QED) is 0.647. The molecule has 2 heterocycles. The Kier molecular flexibility index (Phi) is 2.60. The van der Waals surface area contributed by atoms with Crippen molar-refractivity contribution in [3.05, 3.63) is 30.0 Å². The number of carbonyl (C=O) groups excluding carboxylic acids is 1. The molecule has 96 valence electrons. The number of nitrogens with zero attached hydrogens (tertiary/aromatic N) is 3. The minimum absolute atomic E-state index is 0.167. The Hall–Kier alpha value is -2.90. The number of H-pyrrole nitrogens is 2. The lowest BCUT2D eigenvalue weighted by atomic mass is 10.1. The fraction of sp³-hybridized carbons (Fsp3) is 0.0909. The molecule has 0 saturated carbocycles. The van der Waals surface area contributed by atoms with Gasteiger partial charge in [-0.15, -0.1) is 5.10 Å². The second-order valence-corrected chi connectivity index (χ2v) is 3.80. The van der Waals surface area contributed by atoms with Crippen LogP contribution < -0.4 is 10.1 Å². The van der Waals surface area contributed by atoms with Crippen molar-refractivity contribution in [2.75, 3.05) is 12.4 Å². The van der Waals surface area contributed by atoms with Gasteiger partial charge in [0.1, 0.15) is 0 Å². The number of benzene rings is 1. The molecule has 0 atom stereocenters. The van der Waals surface area contributed by atoms with Crippen LogP contribution in [0.2, 0.25) is 0 Å². The van der Waals surface area contributed by atoms with Crippen molar-refractivity contribution < 1.29 is 9.53 Å². The maximum atomic E-state index is 12.0. The molecular weight excluding hydrogens is 248 g/mol. The summed E-state index contributed by atoms with van der Waals surface area (Å²) in [6, 6.07) is 5.39. The third kappa shape index (κ3) is 2.10. The number of ether oxygens (including phenoxy) is 1. The molecule has 3 aromatic rings. The van der Waals surface area contributed by atoms with Gasteiger partial charge in [-0.25, -0.2) is 5.10 Å². The van der Waals surface area contributed by atoms with Crippen molar-refractivity contribution in [1.29, 1.82) is 0 Å². The van der Waals surface area contributed by atoms with Crippen LogP contribution in [0.15, 0.2) is 24.4 Å². The van der Waals surface area contributed by atoms with Crippen molar-refractivity contribution in [3.8, 4) is 6.01 Å². The van der Waals surface area contributed by atoms with Crippen LogP contribution in [0.1, 0.15) is 10.4 Å². The Bertz CT molecular complexity index is 731. The minimum Gasteiger partial charge on any atom is -0.466 e. The smallest absolute Gasteiger partial charge is 0.336 e. The largest absolute Gasteiger partial charge is 0.466 e. The predicted octanol–water partition coefficient (Wildman–Crippen LogP) is 0.942. The zero-order valence-corrected chi connectivity index (χ0v) is 9.97. The highest BCUT2D eigenvalue weighted by molar-refractivity contribution is 6.05. The molecule has 0 aliphatic carbocycles. The average Bonchev–Trinajstić information content (AvgIpc) is 3.05. The van der Waals surface area contributed by atoms with Crippen molar-refractivity contribution in [1.82, 2.24) is 25.4 Å². The fourth-order valence-electron chi connectivity index (χ4n) is 1.66. The van der Waals surface area contributed by atoms with E-state index in [0.717, 1.165) is 10.9 Å². The van der Waals surface area contributed by atoms with E-state index in [0.29, 0.717) is 5.56 Å². The number of anilines is 1. The molecule has 1 amide bonds. The third-order valence-electron chi connectivity index (χ3n) is 2.58. The highest BCUT2D eigenvalue weighted by Gasteiger charge is 2.10. The summed E-state index contributed by atoms with van der Waals surface area (Å²) >= 11 is 0. The zero-order valence-electron chi connectivity index (χ0n) is 9.97. The van der Waals surface area contributed by atoms with E-state index in [2.05, 4.69) is 30.7 Å². The summed E-state index contributed by atoms with van der Waals surface area (Å²) < 4.78 is 4.81. The molecule has 0 aliphatic rings. The van der Waals surface area contributed by atoms with Crippen molar-refractivity contribution in [3.63, 3.8) is 0 Å². The van der Waals surface area contributed by atoms with Gasteiger partial charge in [-0.2, -0.15) is 10.1 Å². The normalized spacial score (nSPS) is 10.6. The van der Waals surface area contributed by atoms with Crippen molar-refractivity contribution in [2.24, 2.45) is 0 Å². The Morgan fingerprint density at radius 1 is 1.37 bits per heavy atom. The standard InChI is InChI=1S/C11H10N6O2/c1-19-11-14-10(16-17-11)13-9(18)6-2-3-8-7(4-6)5-12-15-8/h2-5H,1H3,(H,12,15)(H2,13,14,16,17,18). The topological polar surface area (TPSA) is 109 Å². The lowest BCUT2D eigenvalue weighted by molar-refractivity contribution is 0.102. The van der Waals surface area contributed by atoms with Gasteiger partial charge in [-0.3, -0.25) is 15.2 Å². The summed E-state index contributed by atoms with van der Waals surface area (Å²) in [6.45, 7) is 0. The monoisotopic (exact) mass is 258 g/mol. The summed E-state index contributed by atoms with van der Waals surface area (Å²) in [5.41, 5.74) is 1.38. The third-order valence-corrected chi connectivity index (χ3v) is 2.58. The molecule has 0 aliphatic heterocycles. The summed E-state index contributed by atoms with van der Waals surface area (Å²) in [7, 11) is 1.45. The minimum atomic E-state index is -0.290. The van der Waals surface area contributed by atoms with E-state index in [-0.39, 0.29) is 17.9 Å². The SMILES string of the molecule is COc1n[nH]c(NC(=O)c2ccc3[nH]ncc3c2)n1. The van der Waals surface area contributed by atoms with Crippen LogP contribution in [0.4, 0.5) is 5.95 Å². The highest BCUT2D eigenvalue weighted by Crippen LogP contribution is 2.14. The first-order chi connectivity index (χ1) is 9.26. The Labute approximate surface area is 107 Å². The van der Waals surface area contributed by atoms with Crippen LogP contribution in [0.25, 0.3) is 10.9 Å². The Morgan fingerprint density at radius 2 is 2.26 bits per heavy atom. The average molecular weight is 258 g/mol. The Balaban J connectivity index is 1.82. The van der Waals surface area contributed by atoms with Gasteiger partial charge in [0.2, 0.25) is 5.95 Å². The van der Waals surface area contributed by atoms with Gasteiger partial charge in [0.25, 0.3) is 5.91 Å². The molecule has 0 unspecified atom stereocenters. The number of carbonyl (C=O) groups is 1. The zero-order chi connectivity index (χ0) is 13.2. The first kappa shape index (κ1) is 11.2. The van der Waals surface area contributed by atoms with E-state index in [1.54, 1.807) is 24.4 Å². The van der Waals surface area contributed by atoms with Crippen LogP contribution in [-0.2, 0) is 0 Å². The summed E-state index contributed by atoms with van der Waals surface area (Å²) in [5, 5.41) is 16.5. The molecule has 3 N–H and O–H groups in total. The predicted molar refractivity (Wildman–Crippen MR) is 67.0 cm³/mol. The van der Waals surface area contributed by atoms with Gasteiger partial charge >= 0.3 is 6.01 Å². The fourth-order valence-corrected chi connectivity index (χ4v) is 1.66. The van der Waals surface area contributed by atoms with Gasteiger partial charge in [0, 0.05) is 10.9 Å². The van der Waals surface area contributed by atoms with Gasteiger partial charge in [0.15, 0.2) is 0 Å². The maximum Gasteiger partial charge on any atom is 0.336 e. The summed E-state index contributed by atoms with van der Waals surface area (Å²) in [4.78, 5) is 15.9. The molecule has 19 heavy (non-hydrogen) atoms. The molecule has 0 fully saturated rings. The number of aromatic amines is 2. The number of amides is 1. The van der Waals surface area contributed by atoms with Gasteiger partial charge in [0.05, 0.1) is 18.8 Å². The van der Waals surface area contributed by atoms with E-state index in [4.69, 9.17) is 4.74 Å². The molecule has 0 radical (unpaired) electrons. The van der Waals surface area contributed by atoms with E-state index in [1.807, 2.05) is 0 Å². The van der Waals surface area contributed by atoms with E-state index in [9.17, 15) is 4.79 Å². The molecule has 3 rings (SSSR count). The number of methoxy groups -OCH3 is 1. The van der Waals surface area contributed by atoms with Gasteiger partial charge in [-0.05, 0) is 18.2 Å². The van der Waals surface area contributed by atoms with Crippen molar-refractivity contribution >= 4 is 22.8 Å². The second kappa shape index (κ2) is 4.41. The molecule has 0 saturated heterocycles. The van der Waals surface area contributed by atoms with Crippen LogP contribution in [0, 0.1) is 0 Å². The second-order valence-electron chi connectivity index (χ2n) is 3.80. The van der Waals surface area contributed by atoms with E-state index < -0.39 is 0 Å². The summed E-state index contributed by atoms with van der Waals surface area (Å²) in [5.74, 6) is -0.0592. The van der Waals surface area contributed by atoms with Gasteiger partial charge in [-0.1, -0.05) is 0 Å². The van der Waals surface area contributed by atoms with Crippen LogP contribution in [0.3, 0.4) is 0 Å².